The van der Waals surface area contributed by atoms with Crippen LogP contribution in [0.1, 0.15) is 5.56 Å². The van der Waals surface area contributed by atoms with Crippen molar-refractivity contribution in [2.24, 2.45) is 0 Å². The zero-order valence-corrected chi connectivity index (χ0v) is 16.8. The number of hydrogen-bond donors (Lipinski definition) is 0. The van der Waals surface area contributed by atoms with E-state index < -0.39 is 11.3 Å². The van der Waals surface area contributed by atoms with Gasteiger partial charge in [-0.2, -0.15) is 0 Å². The van der Waals surface area contributed by atoms with Crippen molar-refractivity contribution in [3.63, 3.8) is 0 Å². The Morgan fingerprint density at radius 2 is 1.89 bits per heavy atom. The van der Waals surface area contributed by atoms with Gasteiger partial charge in [-0.1, -0.05) is 24.3 Å². The Kier molecular flexibility index (Phi) is 5.40. The van der Waals surface area contributed by atoms with E-state index in [2.05, 4.69) is 21.8 Å². The zero-order chi connectivity index (χ0) is 19.7. The molecule has 1 aromatic carbocycles. The minimum Gasteiger partial charge on any atom is -0.760 e. The standard InChI is InChI=1S/C19H24N6O2S/c1-22-9-11-24(12-10-22)19-20-13-16-7-8-18(25(16)21-19)17-6-4-3-5-15(17)14-23(2)28(26)27/h3-8,13H,9-12,14H2,1-2H3,(H,26,27)/p-1. The van der Waals surface area contributed by atoms with Gasteiger partial charge in [0.25, 0.3) is 0 Å². The predicted octanol–water partition coefficient (Wildman–Crippen LogP) is 1.37. The molecule has 0 aliphatic carbocycles. The summed E-state index contributed by atoms with van der Waals surface area (Å²) in [5.41, 5.74) is 3.72. The Morgan fingerprint density at radius 1 is 1.14 bits per heavy atom. The Labute approximate surface area is 166 Å². The summed E-state index contributed by atoms with van der Waals surface area (Å²) in [4.78, 5) is 9.03. The highest BCUT2D eigenvalue weighted by molar-refractivity contribution is 7.76. The average Bonchev–Trinajstić information content (AvgIpc) is 3.12. The number of aromatic nitrogens is 3. The van der Waals surface area contributed by atoms with Gasteiger partial charge in [-0.05, 0) is 31.8 Å². The number of rotatable bonds is 5. The van der Waals surface area contributed by atoms with Crippen LogP contribution in [0.25, 0.3) is 16.8 Å². The van der Waals surface area contributed by atoms with E-state index in [1.807, 2.05) is 47.1 Å². The summed E-state index contributed by atoms with van der Waals surface area (Å²) in [5.74, 6) is 0.716. The minimum absolute atomic E-state index is 0.302. The first-order valence-electron chi connectivity index (χ1n) is 9.20. The van der Waals surface area contributed by atoms with Gasteiger partial charge >= 0.3 is 0 Å². The largest absolute Gasteiger partial charge is 0.760 e. The van der Waals surface area contributed by atoms with Crippen molar-refractivity contribution in [3.8, 4) is 11.3 Å². The lowest BCUT2D eigenvalue weighted by Gasteiger charge is -2.32. The SMILES string of the molecule is CN1CCN(c2ncc3ccc(-c4ccccc4CN(C)S(=O)[O-])n3n2)CC1. The van der Waals surface area contributed by atoms with Crippen LogP contribution in [0.3, 0.4) is 0 Å². The average molecular weight is 400 g/mol. The molecule has 9 heteroatoms. The van der Waals surface area contributed by atoms with Crippen LogP contribution in [0.4, 0.5) is 5.95 Å². The molecule has 0 saturated carbocycles. The Morgan fingerprint density at radius 3 is 2.64 bits per heavy atom. The fraction of sp³-hybridized carbons (Fsp3) is 0.368. The van der Waals surface area contributed by atoms with Crippen molar-refractivity contribution >= 4 is 22.7 Å². The smallest absolute Gasteiger partial charge is 0.243 e. The summed E-state index contributed by atoms with van der Waals surface area (Å²) >= 11 is -2.26. The molecule has 1 unspecified atom stereocenters. The number of benzene rings is 1. The first kappa shape index (κ1) is 19.0. The molecule has 1 saturated heterocycles. The normalized spacial score (nSPS) is 16.8. The van der Waals surface area contributed by atoms with Gasteiger partial charge in [-0.3, -0.25) is 4.21 Å². The number of fused-ring (bicyclic) bond motifs is 1. The van der Waals surface area contributed by atoms with E-state index >= 15 is 0 Å². The fourth-order valence-corrected chi connectivity index (χ4v) is 3.69. The number of likely N-dealkylation sites (N-methyl/N-ethyl adjacent to an activating group) is 1. The molecule has 2 aromatic heterocycles. The molecule has 0 N–H and O–H groups in total. The third-order valence-electron chi connectivity index (χ3n) is 5.11. The molecular formula is C19H23N6O2S-. The summed E-state index contributed by atoms with van der Waals surface area (Å²) < 4.78 is 25.7. The molecule has 3 heterocycles. The van der Waals surface area contributed by atoms with Crippen molar-refractivity contribution in [2.75, 3.05) is 45.2 Å². The second kappa shape index (κ2) is 7.96. The quantitative estimate of drug-likeness (QED) is 0.603. The summed E-state index contributed by atoms with van der Waals surface area (Å²) in [6, 6.07) is 11.8. The van der Waals surface area contributed by atoms with Crippen LogP contribution in [0.15, 0.2) is 42.6 Å². The zero-order valence-electron chi connectivity index (χ0n) is 16.0. The van der Waals surface area contributed by atoms with Gasteiger partial charge in [0, 0.05) is 49.6 Å². The lowest BCUT2D eigenvalue weighted by Crippen LogP contribution is -2.45. The monoisotopic (exact) mass is 399 g/mol. The van der Waals surface area contributed by atoms with E-state index in [-0.39, 0.29) is 0 Å². The highest BCUT2D eigenvalue weighted by Crippen LogP contribution is 2.27. The summed E-state index contributed by atoms with van der Waals surface area (Å²) in [6.07, 6.45) is 1.84. The van der Waals surface area contributed by atoms with Gasteiger partial charge in [0.05, 0.1) is 17.4 Å². The lowest BCUT2D eigenvalue weighted by atomic mass is 10.0. The van der Waals surface area contributed by atoms with Crippen LogP contribution in [0.5, 0.6) is 0 Å². The molecule has 1 aliphatic rings. The Bertz CT molecular complexity index is 999. The molecule has 1 fully saturated rings. The van der Waals surface area contributed by atoms with E-state index in [0.717, 1.165) is 48.5 Å². The van der Waals surface area contributed by atoms with Gasteiger partial charge < -0.3 is 14.4 Å². The van der Waals surface area contributed by atoms with Crippen LogP contribution < -0.4 is 4.90 Å². The molecule has 0 bridgehead atoms. The van der Waals surface area contributed by atoms with Gasteiger partial charge in [-0.25, -0.2) is 13.8 Å². The van der Waals surface area contributed by atoms with Gasteiger partial charge in [0.1, 0.15) is 0 Å². The molecule has 0 spiro atoms. The van der Waals surface area contributed by atoms with Crippen molar-refractivity contribution < 1.29 is 8.76 Å². The molecule has 1 atom stereocenters. The molecule has 28 heavy (non-hydrogen) atoms. The summed E-state index contributed by atoms with van der Waals surface area (Å²) in [7, 11) is 3.68. The van der Waals surface area contributed by atoms with Gasteiger partial charge in [-0.15, -0.1) is 5.10 Å². The summed E-state index contributed by atoms with van der Waals surface area (Å²) in [6.45, 7) is 4.07. The van der Waals surface area contributed by atoms with E-state index in [1.54, 1.807) is 7.05 Å². The van der Waals surface area contributed by atoms with Crippen molar-refractivity contribution in [3.05, 3.63) is 48.2 Å². The maximum absolute atomic E-state index is 11.2. The van der Waals surface area contributed by atoms with E-state index in [9.17, 15) is 8.76 Å². The fourth-order valence-electron chi connectivity index (χ4n) is 3.45. The van der Waals surface area contributed by atoms with Gasteiger partial charge in [0.2, 0.25) is 5.95 Å². The van der Waals surface area contributed by atoms with Crippen LogP contribution in [-0.4, -0.2) is 72.8 Å². The summed E-state index contributed by atoms with van der Waals surface area (Å²) in [5, 5.41) is 4.79. The van der Waals surface area contributed by atoms with Crippen molar-refractivity contribution in [1.29, 1.82) is 0 Å². The third-order valence-corrected chi connectivity index (χ3v) is 5.75. The Balaban J connectivity index is 1.72. The maximum atomic E-state index is 11.2. The van der Waals surface area contributed by atoms with Crippen molar-refractivity contribution in [1.82, 2.24) is 23.8 Å². The van der Waals surface area contributed by atoms with Crippen LogP contribution in [0.2, 0.25) is 0 Å². The van der Waals surface area contributed by atoms with E-state index in [4.69, 9.17) is 5.10 Å². The third kappa shape index (κ3) is 3.79. The highest BCUT2D eigenvalue weighted by atomic mass is 32.2. The number of piperazine rings is 1. The van der Waals surface area contributed by atoms with E-state index in [1.165, 1.54) is 4.31 Å². The molecule has 3 aromatic rings. The number of nitrogens with zero attached hydrogens (tertiary/aromatic N) is 6. The molecule has 0 radical (unpaired) electrons. The number of hydrogen-bond acceptors (Lipinski definition) is 6. The number of anilines is 1. The topological polar surface area (TPSA) is 80.0 Å². The molecule has 0 amide bonds. The first-order chi connectivity index (χ1) is 13.5. The maximum Gasteiger partial charge on any atom is 0.243 e. The second-order valence-electron chi connectivity index (χ2n) is 7.06. The molecule has 1 aliphatic heterocycles. The molecule has 4 rings (SSSR count). The minimum atomic E-state index is -2.26. The van der Waals surface area contributed by atoms with Crippen LogP contribution >= 0.6 is 0 Å². The Hall–Kier alpha value is -2.33. The van der Waals surface area contributed by atoms with Crippen molar-refractivity contribution in [2.45, 2.75) is 6.54 Å². The first-order valence-corrected chi connectivity index (χ1v) is 10.2. The highest BCUT2D eigenvalue weighted by Gasteiger charge is 2.18. The molecular weight excluding hydrogens is 376 g/mol. The second-order valence-corrected chi connectivity index (χ2v) is 8.12. The lowest BCUT2D eigenvalue weighted by molar-refractivity contribution is 0.310. The van der Waals surface area contributed by atoms with Crippen LogP contribution in [-0.2, 0) is 17.8 Å². The van der Waals surface area contributed by atoms with Crippen LogP contribution in [0, 0.1) is 0 Å². The predicted molar refractivity (Wildman–Crippen MR) is 109 cm³/mol. The molecule has 8 nitrogen and oxygen atoms in total. The van der Waals surface area contributed by atoms with Gasteiger partial charge in [0.15, 0.2) is 0 Å². The van der Waals surface area contributed by atoms with E-state index in [0.29, 0.717) is 12.5 Å². The molecule has 148 valence electrons.